The maximum absolute atomic E-state index is 12.2. The van der Waals surface area contributed by atoms with Gasteiger partial charge in [0.15, 0.2) is 10.9 Å². The Hall–Kier alpha value is -1.76. The highest BCUT2D eigenvalue weighted by molar-refractivity contribution is 7.17. The standard InChI is InChI=1S/C14H16N2O4S/c1-14(2)4-8-11(9(17)5-14)21-13(15-8)16-6-7(12(19)20)3-10(16)18/h7H,3-6H2,1-2H3,(H,19,20). The van der Waals surface area contributed by atoms with Gasteiger partial charge in [-0.2, -0.15) is 0 Å². The Labute approximate surface area is 125 Å². The van der Waals surface area contributed by atoms with Crippen molar-refractivity contribution in [1.82, 2.24) is 4.98 Å². The molecule has 0 bridgehead atoms. The molecule has 1 N–H and O–H groups in total. The van der Waals surface area contributed by atoms with Gasteiger partial charge in [0, 0.05) is 19.4 Å². The largest absolute Gasteiger partial charge is 0.481 e. The lowest BCUT2D eigenvalue weighted by Gasteiger charge is -2.26. The molecular formula is C14H16N2O4S. The van der Waals surface area contributed by atoms with Crippen LogP contribution in [0.3, 0.4) is 0 Å². The molecule has 1 saturated heterocycles. The number of thiazole rings is 1. The number of carbonyl (C=O) groups excluding carboxylic acids is 2. The summed E-state index contributed by atoms with van der Waals surface area (Å²) in [7, 11) is 0. The monoisotopic (exact) mass is 308 g/mol. The zero-order valence-corrected chi connectivity index (χ0v) is 12.7. The number of anilines is 1. The minimum absolute atomic E-state index is 0.000973. The van der Waals surface area contributed by atoms with Crippen molar-refractivity contribution < 1.29 is 19.5 Å². The van der Waals surface area contributed by atoms with E-state index in [-0.39, 0.29) is 30.1 Å². The second-order valence-electron chi connectivity index (χ2n) is 6.46. The van der Waals surface area contributed by atoms with Gasteiger partial charge in [0.1, 0.15) is 0 Å². The number of hydrogen-bond donors (Lipinski definition) is 1. The van der Waals surface area contributed by atoms with Crippen LogP contribution in [0.5, 0.6) is 0 Å². The fourth-order valence-corrected chi connectivity index (χ4v) is 3.93. The smallest absolute Gasteiger partial charge is 0.308 e. The summed E-state index contributed by atoms with van der Waals surface area (Å²) in [6, 6.07) is 0. The minimum Gasteiger partial charge on any atom is -0.481 e. The number of ketones is 1. The molecule has 1 amide bonds. The van der Waals surface area contributed by atoms with Gasteiger partial charge in [-0.3, -0.25) is 19.3 Å². The molecule has 2 aliphatic rings. The lowest BCUT2D eigenvalue weighted by Crippen LogP contribution is -2.26. The first-order valence-electron chi connectivity index (χ1n) is 6.83. The van der Waals surface area contributed by atoms with Crippen LogP contribution in [0.25, 0.3) is 0 Å². The minimum atomic E-state index is -0.968. The highest BCUT2D eigenvalue weighted by atomic mass is 32.1. The number of Topliss-reactive ketones (excluding diaryl/α,β-unsaturated/α-hetero) is 1. The number of rotatable bonds is 2. The Morgan fingerprint density at radius 1 is 1.38 bits per heavy atom. The van der Waals surface area contributed by atoms with E-state index in [1.807, 2.05) is 13.8 Å². The van der Waals surface area contributed by atoms with E-state index in [9.17, 15) is 14.4 Å². The number of hydrogen-bond acceptors (Lipinski definition) is 5. The van der Waals surface area contributed by atoms with Gasteiger partial charge in [0.05, 0.1) is 16.5 Å². The molecule has 1 aliphatic heterocycles. The first-order chi connectivity index (χ1) is 9.77. The SMILES string of the molecule is CC1(C)CC(=O)c2sc(N3CC(C(=O)O)CC3=O)nc2C1. The van der Waals surface area contributed by atoms with E-state index in [1.165, 1.54) is 16.2 Å². The normalized spacial score (nSPS) is 24.3. The summed E-state index contributed by atoms with van der Waals surface area (Å²) < 4.78 is 0. The number of nitrogens with zero attached hydrogens (tertiary/aromatic N) is 2. The van der Waals surface area contributed by atoms with Crippen LogP contribution in [-0.4, -0.2) is 34.3 Å². The summed E-state index contributed by atoms with van der Waals surface area (Å²) in [5.74, 6) is -1.83. The van der Waals surface area contributed by atoms with Crippen LogP contribution >= 0.6 is 11.3 Å². The number of carboxylic acids is 1. The highest BCUT2D eigenvalue weighted by Crippen LogP contribution is 2.40. The lowest BCUT2D eigenvalue weighted by atomic mass is 9.78. The van der Waals surface area contributed by atoms with Gasteiger partial charge in [0.25, 0.3) is 0 Å². The number of carbonyl (C=O) groups is 3. The number of amides is 1. The van der Waals surface area contributed by atoms with E-state index in [0.717, 1.165) is 5.69 Å². The zero-order chi connectivity index (χ0) is 15.4. The van der Waals surface area contributed by atoms with Crippen molar-refractivity contribution in [2.75, 3.05) is 11.4 Å². The average molecular weight is 308 g/mol. The maximum Gasteiger partial charge on any atom is 0.308 e. The van der Waals surface area contributed by atoms with Crippen LogP contribution in [0.4, 0.5) is 5.13 Å². The molecule has 21 heavy (non-hydrogen) atoms. The Morgan fingerprint density at radius 3 is 2.71 bits per heavy atom. The zero-order valence-electron chi connectivity index (χ0n) is 11.9. The van der Waals surface area contributed by atoms with Gasteiger partial charge in [-0.25, -0.2) is 4.98 Å². The molecular weight excluding hydrogens is 292 g/mol. The van der Waals surface area contributed by atoms with Crippen LogP contribution in [0.2, 0.25) is 0 Å². The number of carboxylic acid groups (broad SMARTS) is 1. The van der Waals surface area contributed by atoms with Crippen molar-refractivity contribution in [3.8, 4) is 0 Å². The van der Waals surface area contributed by atoms with Crippen molar-refractivity contribution in [2.24, 2.45) is 11.3 Å². The number of fused-ring (bicyclic) bond motifs is 1. The molecule has 1 fully saturated rings. The third-order valence-electron chi connectivity index (χ3n) is 3.93. The molecule has 0 aromatic carbocycles. The van der Waals surface area contributed by atoms with Crippen molar-refractivity contribution in [1.29, 1.82) is 0 Å². The van der Waals surface area contributed by atoms with Gasteiger partial charge in [-0.1, -0.05) is 25.2 Å². The van der Waals surface area contributed by atoms with Gasteiger partial charge >= 0.3 is 5.97 Å². The Bertz CT molecular complexity index is 649. The first-order valence-corrected chi connectivity index (χ1v) is 7.64. The molecule has 6 nitrogen and oxygen atoms in total. The van der Waals surface area contributed by atoms with Crippen molar-refractivity contribution >= 4 is 34.1 Å². The fourth-order valence-electron chi connectivity index (χ4n) is 2.88. The van der Waals surface area contributed by atoms with Crippen LogP contribution in [0, 0.1) is 11.3 Å². The number of aliphatic carboxylic acids is 1. The summed E-state index contributed by atoms with van der Waals surface area (Å²) in [4.78, 5) is 41.6. The third-order valence-corrected chi connectivity index (χ3v) is 5.09. The highest BCUT2D eigenvalue weighted by Gasteiger charge is 2.39. The van der Waals surface area contributed by atoms with Gasteiger partial charge in [-0.15, -0.1) is 0 Å². The average Bonchev–Trinajstić information content (AvgIpc) is 2.91. The second kappa shape index (κ2) is 4.62. The van der Waals surface area contributed by atoms with E-state index in [2.05, 4.69) is 4.98 Å². The van der Waals surface area contributed by atoms with E-state index >= 15 is 0 Å². The van der Waals surface area contributed by atoms with Crippen molar-refractivity contribution in [3.05, 3.63) is 10.6 Å². The molecule has 3 rings (SSSR count). The molecule has 1 aromatic rings. The van der Waals surface area contributed by atoms with E-state index in [4.69, 9.17) is 5.11 Å². The molecule has 1 unspecified atom stereocenters. The summed E-state index contributed by atoms with van der Waals surface area (Å²) >= 11 is 1.21. The fraction of sp³-hybridized carbons (Fsp3) is 0.571. The molecule has 0 spiro atoms. The molecule has 1 aliphatic carbocycles. The molecule has 0 radical (unpaired) electrons. The maximum atomic E-state index is 12.2. The van der Waals surface area contributed by atoms with Crippen LogP contribution in [0.1, 0.15) is 42.1 Å². The predicted molar refractivity (Wildman–Crippen MR) is 76.6 cm³/mol. The van der Waals surface area contributed by atoms with Gasteiger partial charge in [-0.05, 0) is 11.8 Å². The summed E-state index contributed by atoms with van der Waals surface area (Å²) in [5.41, 5.74) is 0.622. The molecule has 1 aromatic heterocycles. The van der Waals surface area contributed by atoms with Gasteiger partial charge in [0.2, 0.25) is 5.91 Å². The van der Waals surface area contributed by atoms with E-state index in [1.54, 1.807) is 0 Å². The Morgan fingerprint density at radius 2 is 2.10 bits per heavy atom. The van der Waals surface area contributed by atoms with E-state index < -0.39 is 11.9 Å². The molecule has 7 heteroatoms. The summed E-state index contributed by atoms with van der Waals surface area (Å²) in [6.45, 7) is 4.18. The molecule has 112 valence electrons. The Kier molecular flexibility index (Phi) is 3.12. The lowest BCUT2D eigenvalue weighted by molar-refractivity contribution is -0.141. The molecule has 0 saturated carbocycles. The summed E-state index contributed by atoms with van der Waals surface area (Å²) in [6.07, 6.45) is 1.18. The molecule has 2 heterocycles. The quantitative estimate of drug-likeness (QED) is 0.899. The van der Waals surface area contributed by atoms with Crippen molar-refractivity contribution in [2.45, 2.75) is 33.1 Å². The Balaban J connectivity index is 1.91. The topological polar surface area (TPSA) is 87.6 Å². The van der Waals surface area contributed by atoms with E-state index in [0.29, 0.717) is 22.9 Å². The summed E-state index contributed by atoms with van der Waals surface area (Å²) in [5, 5.41) is 9.48. The van der Waals surface area contributed by atoms with Crippen LogP contribution in [-0.2, 0) is 16.0 Å². The van der Waals surface area contributed by atoms with Gasteiger partial charge < -0.3 is 5.11 Å². The first kappa shape index (κ1) is 14.2. The number of aromatic nitrogens is 1. The van der Waals surface area contributed by atoms with Crippen LogP contribution < -0.4 is 4.90 Å². The second-order valence-corrected chi connectivity index (χ2v) is 7.43. The third kappa shape index (κ3) is 2.46. The predicted octanol–water partition coefficient (Wildman–Crippen LogP) is 1.74. The molecule has 1 atom stereocenters. The van der Waals surface area contributed by atoms with Crippen molar-refractivity contribution in [3.63, 3.8) is 0 Å². The van der Waals surface area contributed by atoms with Crippen LogP contribution in [0.15, 0.2) is 0 Å².